The van der Waals surface area contributed by atoms with Crippen molar-refractivity contribution in [1.29, 1.82) is 0 Å². The molecule has 3 aromatic rings. The molecule has 2 amide bonds. The molecule has 2 N–H and O–H groups in total. The Morgan fingerprint density at radius 1 is 1.00 bits per heavy atom. The van der Waals surface area contributed by atoms with E-state index in [1.54, 1.807) is 24.3 Å². The van der Waals surface area contributed by atoms with Gasteiger partial charge in [0.2, 0.25) is 5.91 Å². The van der Waals surface area contributed by atoms with Gasteiger partial charge in [0.25, 0.3) is 5.91 Å². The molecule has 0 unspecified atom stereocenters. The van der Waals surface area contributed by atoms with E-state index in [1.807, 2.05) is 6.92 Å². The molecule has 0 spiro atoms. The number of benzene rings is 2. The van der Waals surface area contributed by atoms with E-state index >= 15 is 0 Å². The molecule has 1 aromatic heterocycles. The lowest BCUT2D eigenvalue weighted by Gasteiger charge is -2.12. The van der Waals surface area contributed by atoms with Crippen LogP contribution in [-0.2, 0) is 11.0 Å². The first-order valence-corrected chi connectivity index (χ1v) is 10.3. The highest BCUT2D eigenvalue weighted by molar-refractivity contribution is 8.01. The van der Waals surface area contributed by atoms with Gasteiger partial charge in [-0.25, -0.2) is 0 Å². The maximum atomic E-state index is 12.7. The van der Waals surface area contributed by atoms with Gasteiger partial charge in [-0.15, -0.1) is 10.2 Å². The van der Waals surface area contributed by atoms with E-state index in [4.69, 9.17) is 0 Å². The van der Waals surface area contributed by atoms with Crippen molar-refractivity contribution in [2.24, 2.45) is 0 Å². The summed E-state index contributed by atoms with van der Waals surface area (Å²) in [6.07, 6.45) is -4.47. The van der Waals surface area contributed by atoms with Crippen molar-refractivity contribution in [1.82, 2.24) is 10.2 Å². The predicted molar refractivity (Wildman–Crippen MR) is 110 cm³/mol. The molecule has 0 fully saturated rings. The summed E-state index contributed by atoms with van der Waals surface area (Å²) in [5.74, 6) is -0.788. The molecular formula is C19H15F3N4O2S2. The number of aryl methyl sites for hydroxylation is 1. The molecule has 156 valence electrons. The summed E-state index contributed by atoms with van der Waals surface area (Å²) in [5, 5.41) is 13.9. The molecule has 2 aromatic carbocycles. The molecular weight excluding hydrogens is 437 g/mol. The average molecular weight is 452 g/mol. The van der Waals surface area contributed by atoms with Gasteiger partial charge in [-0.1, -0.05) is 35.2 Å². The lowest BCUT2D eigenvalue weighted by atomic mass is 10.1. The fourth-order valence-corrected chi connectivity index (χ4v) is 3.97. The first-order valence-electron chi connectivity index (χ1n) is 8.53. The maximum Gasteiger partial charge on any atom is 0.416 e. The van der Waals surface area contributed by atoms with Gasteiger partial charge in [0, 0.05) is 5.56 Å². The minimum Gasteiger partial charge on any atom is -0.324 e. The molecule has 3 rings (SSSR count). The van der Waals surface area contributed by atoms with Gasteiger partial charge < -0.3 is 10.6 Å². The van der Waals surface area contributed by atoms with Crippen molar-refractivity contribution >= 4 is 46.3 Å². The zero-order valence-electron chi connectivity index (χ0n) is 15.5. The third kappa shape index (κ3) is 5.80. The molecule has 0 radical (unpaired) electrons. The number of nitrogens with one attached hydrogen (secondary N) is 2. The van der Waals surface area contributed by atoms with Crippen LogP contribution in [0, 0.1) is 6.92 Å². The molecule has 1 heterocycles. The van der Waals surface area contributed by atoms with Crippen molar-refractivity contribution in [2.45, 2.75) is 17.4 Å². The van der Waals surface area contributed by atoms with Gasteiger partial charge in [0.1, 0.15) is 5.01 Å². The van der Waals surface area contributed by atoms with Crippen LogP contribution in [0.15, 0.2) is 52.9 Å². The molecule has 30 heavy (non-hydrogen) atoms. The average Bonchev–Trinajstić information content (AvgIpc) is 3.12. The quantitative estimate of drug-likeness (QED) is 0.523. The molecule has 0 saturated heterocycles. The van der Waals surface area contributed by atoms with Crippen molar-refractivity contribution in [3.8, 4) is 0 Å². The van der Waals surface area contributed by atoms with Gasteiger partial charge in [-0.3, -0.25) is 9.59 Å². The number of nitrogens with zero attached hydrogens (tertiary/aromatic N) is 2. The minimum atomic E-state index is -4.47. The van der Waals surface area contributed by atoms with E-state index in [2.05, 4.69) is 20.8 Å². The maximum absolute atomic E-state index is 12.7. The zero-order valence-corrected chi connectivity index (χ0v) is 17.1. The Hall–Kier alpha value is -2.92. The summed E-state index contributed by atoms with van der Waals surface area (Å²) in [6, 6.07) is 10.4. The SMILES string of the molecule is Cc1nnc(SCC(=O)Nc2ccccc2NC(=O)c2ccc(C(F)(F)F)cc2)s1. The van der Waals surface area contributed by atoms with Crippen LogP contribution in [0.25, 0.3) is 0 Å². The van der Waals surface area contributed by atoms with E-state index < -0.39 is 17.6 Å². The number of rotatable bonds is 6. The molecule has 11 heteroatoms. The second kappa shape index (κ2) is 9.26. The number of carbonyl (C=O) groups is 2. The Balaban J connectivity index is 1.64. The zero-order chi connectivity index (χ0) is 21.7. The smallest absolute Gasteiger partial charge is 0.324 e. The van der Waals surface area contributed by atoms with Gasteiger partial charge >= 0.3 is 6.18 Å². The molecule has 0 saturated carbocycles. The number of aromatic nitrogens is 2. The lowest BCUT2D eigenvalue weighted by molar-refractivity contribution is -0.137. The summed E-state index contributed by atoms with van der Waals surface area (Å²) in [6.45, 7) is 1.82. The summed E-state index contributed by atoms with van der Waals surface area (Å²) in [5.41, 5.74) is -0.0783. The standard InChI is InChI=1S/C19H15F3N4O2S2/c1-11-25-26-18(30-11)29-10-16(27)23-14-4-2-3-5-15(14)24-17(28)12-6-8-13(9-7-12)19(20,21)22/h2-9H,10H2,1H3,(H,23,27)(H,24,28). The van der Waals surface area contributed by atoms with Crippen LogP contribution in [0.4, 0.5) is 24.5 Å². The van der Waals surface area contributed by atoms with Crippen LogP contribution >= 0.6 is 23.1 Å². The van der Waals surface area contributed by atoms with Crippen molar-refractivity contribution in [3.05, 3.63) is 64.7 Å². The molecule has 0 bridgehead atoms. The Kier molecular flexibility index (Phi) is 6.73. The largest absolute Gasteiger partial charge is 0.416 e. The minimum absolute atomic E-state index is 0.0614. The Labute approximate surface area is 177 Å². The summed E-state index contributed by atoms with van der Waals surface area (Å²) < 4.78 is 38.7. The number of hydrogen-bond acceptors (Lipinski definition) is 6. The first-order chi connectivity index (χ1) is 14.2. The normalized spacial score (nSPS) is 11.2. The number of para-hydroxylation sites is 2. The molecule has 0 aliphatic rings. The molecule has 6 nitrogen and oxygen atoms in total. The number of anilines is 2. The Bertz CT molecular complexity index is 1050. The van der Waals surface area contributed by atoms with Crippen LogP contribution in [-0.4, -0.2) is 27.8 Å². The Morgan fingerprint density at radius 2 is 1.63 bits per heavy atom. The number of halogens is 3. The van der Waals surface area contributed by atoms with Gasteiger partial charge in [0.05, 0.1) is 22.7 Å². The van der Waals surface area contributed by atoms with Crippen LogP contribution in [0.1, 0.15) is 20.9 Å². The summed E-state index contributed by atoms with van der Waals surface area (Å²) in [4.78, 5) is 24.6. The third-order valence-corrected chi connectivity index (χ3v) is 5.73. The highest BCUT2D eigenvalue weighted by Gasteiger charge is 2.30. The first kappa shape index (κ1) is 21.8. The van der Waals surface area contributed by atoms with Crippen LogP contribution in [0.3, 0.4) is 0 Å². The lowest BCUT2D eigenvalue weighted by Crippen LogP contribution is -2.18. The molecule has 0 atom stereocenters. The number of amides is 2. The van der Waals surface area contributed by atoms with Crippen LogP contribution < -0.4 is 10.6 Å². The van der Waals surface area contributed by atoms with Crippen LogP contribution in [0.2, 0.25) is 0 Å². The van der Waals surface area contributed by atoms with E-state index in [0.717, 1.165) is 29.3 Å². The summed E-state index contributed by atoms with van der Waals surface area (Å²) in [7, 11) is 0. The van der Waals surface area contributed by atoms with E-state index in [1.165, 1.54) is 23.1 Å². The fourth-order valence-electron chi connectivity index (χ4n) is 2.36. The highest BCUT2D eigenvalue weighted by atomic mass is 32.2. The van der Waals surface area contributed by atoms with Crippen molar-refractivity contribution in [2.75, 3.05) is 16.4 Å². The van der Waals surface area contributed by atoms with Gasteiger partial charge in [0.15, 0.2) is 4.34 Å². The fraction of sp³-hybridized carbons (Fsp3) is 0.158. The van der Waals surface area contributed by atoms with Crippen molar-refractivity contribution < 1.29 is 22.8 Å². The van der Waals surface area contributed by atoms with Gasteiger partial charge in [-0.2, -0.15) is 13.2 Å². The van der Waals surface area contributed by atoms with Crippen molar-refractivity contribution in [3.63, 3.8) is 0 Å². The highest BCUT2D eigenvalue weighted by Crippen LogP contribution is 2.29. The van der Waals surface area contributed by atoms with E-state index in [0.29, 0.717) is 15.7 Å². The second-order valence-corrected chi connectivity index (χ2v) is 8.40. The van der Waals surface area contributed by atoms with E-state index in [-0.39, 0.29) is 17.2 Å². The number of hydrogen-bond donors (Lipinski definition) is 2. The summed E-state index contributed by atoms with van der Waals surface area (Å²) >= 11 is 2.62. The Morgan fingerprint density at radius 3 is 2.20 bits per heavy atom. The van der Waals surface area contributed by atoms with Crippen LogP contribution in [0.5, 0.6) is 0 Å². The molecule has 0 aliphatic carbocycles. The molecule has 0 aliphatic heterocycles. The second-order valence-electron chi connectivity index (χ2n) is 6.00. The third-order valence-electron chi connectivity index (χ3n) is 3.76. The monoisotopic (exact) mass is 452 g/mol. The predicted octanol–water partition coefficient (Wildman–Crippen LogP) is 4.85. The topological polar surface area (TPSA) is 84.0 Å². The van der Waals surface area contributed by atoms with Gasteiger partial charge in [-0.05, 0) is 43.3 Å². The van der Waals surface area contributed by atoms with E-state index in [9.17, 15) is 22.8 Å². The number of alkyl halides is 3. The number of carbonyl (C=O) groups excluding carboxylic acids is 2. The number of thioether (sulfide) groups is 1.